The average molecular weight is 394 g/mol. The Bertz CT molecular complexity index is 907. The minimum atomic E-state index is -6.19. The molecular formula is C14HF11O. The first-order chi connectivity index (χ1) is 11.8. The monoisotopic (exact) mass is 394 g/mol. The molecule has 12 heteroatoms. The summed E-state index contributed by atoms with van der Waals surface area (Å²) in [7, 11) is 0. The predicted octanol–water partition coefficient (Wildman–Crippen LogP) is 4.58. The van der Waals surface area contributed by atoms with E-state index in [0.29, 0.717) is 0 Å². The van der Waals surface area contributed by atoms with Crippen LogP contribution in [-0.4, -0.2) is 11.3 Å². The molecule has 0 atom stereocenters. The van der Waals surface area contributed by atoms with E-state index < -0.39 is 80.6 Å². The average Bonchev–Trinajstić information content (AvgIpc) is 2.85. The van der Waals surface area contributed by atoms with E-state index in [9.17, 15) is 53.4 Å². The summed E-state index contributed by atoms with van der Waals surface area (Å²) in [5, 5.41) is 9.86. The van der Waals surface area contributed by atoms with Crippen LogP contribution in [0.15, 0.2) is 0 Å². The number of rotatable bonds is 0. The molecule has 0 amide bonds. The Kier molecular flexibility index (Phi) is 3.60. The van der Waals surface area contributed by atoms with Gasteiger partial charge in [0.05, 0.1) is 0 Å². The van der Waals surface area contributed by atoms with Gasteiger partial charge in [0, 0.05) is 22.3 Å². The van der Waals surface area contributed by atoms with Crippen molar-refractivity contribution in [2.75, 3.05) is 0 Å². The van der Waals surface area contributed by atoms with E-state index >= 15 is 0 Å². The third kappa shape index (κ3) is 1.85. The highest BCUT2D eigenvalue weighted by atomic mass is 19.4. The lowest BCUT2D eigenvalue weighted by Gasteiger charge is -2.29. The number of alkyl halides is 3. The van der Waals surface area contributed by atoms with Gasteiger partial charge in [-0.25, -0.2) is 35.1 Å². The summed E-state index contributed by atoms with van der Waals surface area (Å²) in [6.45, 7) is 0. The Balaban J connectivity index is 2.71. The van der Waals surface area contributed by atoms with Crippen molar-refractivity contribution in [3.63, 3.8) is 0 Å². The van der Waals surface area contributed by atoms with Crippen LogP contribution in [0.3, 0.4) is 0 Å². The molecule has 0 saturated heterocycles. The van der Waals surface area contributed by atoms with Gasteiger partial charge in [-0.1, -0.05) is 0 Å². The molecule has 26 heavy (non-hydrogen) atoms. The normalized spacial score (nSPS) is 15.2. The molecule has 2 aromatic carbocycles. The zero-order chi connectivity index (χ0) is 19.9. The van der Waals surface area contributed by atoms with Gasteiger partial charge in [-0.15, -0.1) is 0 Å². The number of hydrogen-bond acceptors (Lipinski definition) is 1. The van der Waals surface area contributed by atoms with E-state index in [1.807, 2.05) is 0 Å². The maximum atomic E-state index is 13.9. The second kappa shape index (κ2) is 5.09. The first-order valence-corrected chi connectivity index (χ1v) is 6.30. The molecule has 0 aliphatic heterocycles. The topological polar surface area (TPSA) is 20.2 Å². The highest BCUT2D eigenvalue weighted by Crippen LogP contribution is 2.58. The first kappa shape index (κ1) is 18.4. The molecule has 1 aliphatic carbocycles. The van der Waals surface area contributed by atoms with Crippen molar-refractivity contribution < 1.29 is 53.4 Å². The molecule has 1 N–H and O–H groups in total. The summed E-state index contributed by atoms with van der Waals surface area (Å²) in [5.74, 6) is -22.1. The van der Waals surface area contributed by atoms with Gasteiger partial charge in [-0.2, -0.15) is 13.2 Å². The fraction of sp³-hybridized carbons (Fsp3) is 0.143. The Morgan fingerprint density at radius 3 is 1.04 bits per heavy atom. The highest BCUT2D eigenvalue weighted by Gasteiger charge is 2.66. The van der Waals surface area contributed by atoms with Crippen LogP contribution in [0.4, 0.5) is 48.3 Å². The van der Waals surface area contributed by atoms with Crippen molar-refractivity contribution >= 4 is 0 Å². The standard InChI is InChI=1S/C14HF11O/c15-5-1-2-4(8(18)12(22)10(20)6(2)16)13(26,14(23,24)25)3(1)7(17)11(21)9(5)19/h26H. The van der Waals surface area contributed by atoms with Crippen molar-refractivity contribution in [3.05, 3.63) is 57.7 Å². The molecule has 0 radical (unpaired) electrons. The number of benzene rings is 2. The van der Waals surface area contributed by atoms with E-state index in [2.05, 4.69) is 0 Å². The summed E-state index contributed by atoms with van der Waals surface area (Å²) in [6, 6.07) is 0. The summed E-state index contributed by atoms with van der Waals surface area (Å²) in [5.41, 5.74) is -14.2. The van der Waals surface area contributed by atoms with Gasteiger partial charge in [-0.05, 0) is 0 Å². The van der Waals surface area contributed by atoms with Crippen molar-refractivity contribution in [1.29, 1.82) is 0 Å². The molecule has 0 fully saturated rings. The van der Waals surface area contributed by atoms with E-state index in [4.69, 9.17) is 0 Å². The van der Waals surface area contributed by atoms with E-state index in [-0.39, 0.29) is 0 Å². The summed E-state index contributed by atoms with van der Waals surface area (Å²) < 4.78 is 149. The van der Waals surface area contributed by atoms with Crippen molar-refractivity contribution in [2.24, 2.45) is 0 Å². The Labute approximate surface area is 135 Å². The molecule has 0 unspecified atom stereocenters. The summed E-state index contributed by atoms with van der Waals surface area (Å²) in [6.07, 6.45) is -6.19. The van der Waals surface area contributed by atoms with Crippen LogP contribution in [-0.2, 0) is 5.60 Å². The molecule has 0 bridgehead atoms. The third-order valence-corrected chi connectivity index (χ3v) is 3.92. The first-order valence-electron chi connectivity index (χ1n) is 6.30. The van der Waals surface area contributed by atoms with Crippen molar-refractivity contribution in [2.45, 2.75) is 11.8 Å². The lowest BCUT2D eigenvalue weighted by Crippen LogP contribution is -2.43. The molecular weight excluding hydrogens is 393 g/mol. The maximum Gasteiger partial charge on any atom is 0.426 e. The number of aliphatic hydroxyl groups is 1. The van der Waals surface area contributed by atoms with Crippen LogP contribution < -0.4 is 0 Å². The van der Waals surface area contributed by atoms with Gasteiger partial charge in [0.15, 0.2) is 46.5 Å². The predicted molar refractivity (Wildman–Crippen MR) is 60.6 cm³/mol. The Hall–Kier alpha value is -2.37. The van der Waals surface area contributed by atoms with Crippen LogP contribution >= 0.6 is 0 Å². The fourth-order valence-corrected chi connectivity index (χ4v) is 2.82. The maximum absolute atomic E-state index is 13.9. The quantitative estimate of drug-likeness (QED) is 0.394. The van der Waals surface area contributed by atoms with Crippen LogP contribution in [0.25, 0.3) is 11.1 Å². The number of fused-ring (bicyclic) bond motifs is 3. The molecule has 2 aromatic rings. The second-order valence-corrected chi connectivity index (χ2v) is 5.22. The molecule has 0 aromatic heterocycles. The lowest BCUT2D eigenvalue weighted by atomic mass is 9.89. The smallest absolute Gasteiger partial charge is 0.372 e. The van der Waals surface area contributed by atoms with E-state index in [0.717, 1.165) is 0 Å². The largest absolute Gasteiger partial charge is 0.426 e. The van der Waals surface area contributed by atoms with Gasteiger partial charge in [-0.3, -0.25) is 0 Å². The summed E-state index contributed by atoms with van der Waals surface area (Å²) >= 11 is 0. The van der Waals surface area contributed by atoms with Crippen LogP contribution in [0, 0.1) is 46.5 Å². The second-order valence-electron chi connectivity index (χ2n) is 5.22. The SMILES string of the molecule is OC1(C(F)(F)F)c2c(F)c(F)c(F)c(F)c2-c2c(F)c(F)c(F)c(F)c21. The van der Waals surface area contributed by atoms with E-state index in [1.54, 1.807) is 0 Å². The van der Waals surface area contributed by atoms with Gasteiger partial charge in [0.2, 0.25) is 5.60 Å². The number of hydrogen-bond donors (Lipinski definition) is 1. The molecule has 0 spiro atoms. The summed E-state index contributed by atoms with van der Waals surface area (Å²) in [4.78, 5) is 0. The van der Waals surface area contributed by atoms with Gasteiger partial charge < -0.3 is 5.11 Å². The van der Waals surface area contributed by atoms with E-state index in [1.165, 1.54) is 0 Å². The third-order valence-electron chi connectivity index (χ3n) is 3.92. The van der Waals surface area contributed by atoms with Gasteiger partial charge >= 0.3 is 6.18 Å². The van der Waals surface area contributed by atoms with Crippen molar-refractivity contribution in [3.8, 4) is 11.1 Å². The van der Waals surface area contributed by atoms with Crippen LogP contribution in [0.5, 0.6) is 0 Å². The molecule has 0 heterocycles. The molecule has 1 aliphatic rings. The lowest BCUT2D eigenvalue weighted by molar-refractivity contribution is -0.248. The zero-order valence-corrected chi connectivity index (χ0v) is 11.6. The molecule has 1 nitrogen and oxygen atoms in total. The molecule has 0 saturated carbocycles. The minimum Gasteiger partial charge on any atom is -0.372 e. The van der Waals surface area contributed by atoms with Crippen LogP contribution in [0.1, 0.15) is 11.1 Å². The fourth-order valence-electron chi connectivity index (χ4n) is 2.82. The van der Waals surface area contributed by atoms with Crippen LogP contribution in [0.2, 0.25) is 0 Å². The molecule has 3 rings (SSSR count). The van der Waals surface area contributed by atoms with Crippen molar-refractivity contribution in [1.82, 2.24) is 0 Å². The van der Waals surface area contributed by atoms with Gasteiger partial charge in [0.1, 0.15) is 0 Å². The zero-order valence-electron chi connectivity index (χ0n) is 11.6. The van der Waals surface area contributed by atoms with Gasteiger partial charge in [0.25, 0.3) is 0 Å². The Morgan fingerprint density at radius 1 is 0.500 bits per heavy atom. The molecule has 140 valence electrons. The number of halogens is 11. The Morgan fingerprint density at radius 2 is 0.769 bits per heavy atom. The highest BCUT2D eigenvalue weighted by molar-refractivity contribution is 5.82. The minimum absolute atomic E-state index is 2.12.